The molecule has 4 nitrogen and oxygen atoms in total. The number of carbonyl (C=O) groups excluding carboxylic acids is 1. The fraction of sp³-hybridized carbons (Fsp3) is 0.500. The molecule has 1 atom stereocenters. The quantitative estimate of drug-likeness (QED) is 0.863. The zero-order chi connectivity index (χ0) is 15.8. The van der Waals surface area contributed by atoms with Gasteiger partial charge in [-0.25, -0.2) is 9.18 Å². The van der Waals surface area contributed by atoms with E-state index in [9.17, 15) is 19.1 Å². The summed E-state index contributed by atoms with van der Waals surface area (Å²) in [4.78, 5) is 25.6. The third-order valence-electron chi connectivity index (χ3n) is 3.67. The first-order valence-electron chi connectivity index (χ1n) is 7.04. The standard InChI is InChI=1S/C16H20FNO3/c1-16(2,3)18(15(20)21)13(10-4-5-10)14(19)11-6-8-12(17)9-7-11/h6-10,13H,4-5H2,1-3H3,(H,20,21). The molecular weight excluding hydrogens is 273 g/mol. The van der Waals surface area contributed by atoms with Crippen molar-refractivity contribution in [2.24, 2.45) is 5.92 Å². The first-order valence-corrected chi connectivity index (χ1v) is 7.04. The highest BCUT2D eigenvalue weighted by Crippen LogP contribution is 2.39. The van der Waals surface area contributed by atoms with Gasteiger partial charge >= 0.3 is 6.09 Å². The van der Waals surface area contributed by atoms with Gasteiger partial charge in [0.1, 0.15) is 11.9 Å². The van der Waals surface area contributed by atoms with Crippen LogP contribution in [-0.2, 0) is 0 Å². The van der Waals surface area contributed by atoms with Crippen LogP contribution in [0.3, 0.4) is 0 Å². The number of carboxylic acid groups (broad SMARTS) is 1. The molecule has 114 valence electrons. The summed E-state index contributed by atoms with van der Waals surface area (Å²) in [7, 11) is 0. The number of carbonyl (C=O) groups is 2. The number of rotatable bonds is 4. The minimum absolute atomic E-state index is 0.0536. The third kappa shape index (κ3) is 3.40. The average molecular weight is 293 g/mol. The second kappa shape index (κ2) is 5.47. The lowest BCUT2D eigenvalue weighted by molar-refractivity contribution is 0.0501. The van der Waals surface area contributed by atoms with Crippen LogP contribution in [0.4, 0.5) is 9.18 Å². The van der Waals surface area contributed by atoms with Gasteiger partial charge in [0.25, 0.3) is 0 Å². The van der Waals surface area contributed by atoms with Crippen molar-refractivity contribution in [3.63, 3.8) is 0 Å². The summed E-state index contributed by atoms with van der Waals surface area (Å²) in [6.45, 7) is 5.32. The van der Waals surface area contributed by atoms with Crippen LogP contribution in [0.25, 0.3) is 0 Å². The lowest BCUT2D eigenvalue weighted by Crippen LogP contribution is -2.55. The Labute approximate surface area is 123 Å². The molecule has 0 aliphatic heterocycles. The monoisotopic (exact) mass is 293 g/mol. The first kappa shape index (κ1) is 15.5. The number of Topliss-reactive ketones (excluding diaryl/α,β-unsaturated/α-hetero) is 1. The maximum absolute atomic E-state index is 13.0. The molecular formula is C16H20FNO3. The normalized spacial score (nSPS) is 16.4. The average Bonchev–Trinajstić information content (AvgIpc) is 3.18. The Hall–Kier alpha value is -1.91. The van der Waals surface area contributed by atoms with Crippen molar-refractivity contribution in [1.29, 1.82) is 0 Å². The Bertz CT molecular complexity index is 544. The zero-order valence-electron chi connectivity index (χ0n) is 12.5. The molecule has 21 heavy (non-hydrogen) atoms. The van der Waals surface area contributed by atoms with Crippen LogP contribution >= 0.6 is 0 Å². The molecule has 0 bridgehead atoms. The molecule has 2 rings (SSSR count). The molecule has 1 aromatic carbocycles. The lowest BCUT2D eigenvalue weighted by Gasteiger charge is -2.39. The highest BCUT2D eigenvalue weighted by atomic mass is 19.1. The highest BCUT2D eigenvalue weighted by Gasteiger charge is 2.46. The van der Waals surface area contributed by atoms with Crippen LogP contribution < -0.4 is 0 Å². The van der Waals surface area contributed by atoms with E-state index >= 15 is 0 Å². The fourth-order valence-electron chi connectivity index (χ4n) is 2.56. The number of benzene rings is 1. The van der Waals surface area contributed by atoms with Crippen LogP contribution in [0.15, 0.2) is 24.3 Å². The molecule has 0 radical (unpaired) electrons. The van der Waals surface area contributed by atoms with Crippen LogP contribution in [-0.4, -0.2) is 33.5 Å². The van der Waals surface area contributed by atoms with Crippen LogP contribution in [0.2, 0.25) is 0 Å². The van der Waals surface area contributed by atoms with Crippen molar-refractivity contribution in [1.82, 2.24) is 4.90 Å². The second-order valence-electron chi connectivity index (χ2n) is 6.48. The zero-order valence-corrected chi connectivity index (χ0v) is 12.5. The molecule has 1 saturated carbocycles. The van der Waals surface area contributed by atoms with Gasteiger partial charge in [0.05, 0.1) is 0 Å². The van der Waals surface area contributed by atoms with E-state index < -0.39 is 23.5 Å². The Kier molecular flexibility index (Phi) is 4.03. The maximum atomic E-state index is 13.0. The van der Waals surface area contributed by atoms with Gasteiger partial charge in [0.15, 0.2) is 5.78 Å². The van der Waals surface area contributed by atoms with Crippen LogP contribution in [0.1, 0.15) is 44.0 Å². The molecule has 1 fully saturated rings. The summed E-state index contributed by atoms with van der Waals surface area (Å²) in [5.41, 5.74) is -0.321. The molecule has 0 spiro atoms. The first-order chi connectivity index (χ1) is 9.71. The highest BCUT2D eigenvalue weighted by molar-refractivity contribution is 6.02. The van der Waals surface area contributed by atoms with Gasteiger partial charge in [-0.2, -0.15) is 0 Å². The molecule has 0 heterocycles. The maximum Gasteiger partial charge on any atom is 0.408 e. The lowest BCUT2D eigenvalue weighted by atomic mass is 9.94. The number of halogens is 1. The van der Waals surface area contributed by atoms with Crippen molar-refractivity contribution in [3.8, 4) is 0 Å². The van der Waals surface area contributed by atoms with Gasteiger partial charge in [0, 0.05) is 11.1 Å². The second-order valence-corrected chi connectivity index (χ2v) is 6.48. The van der Waals surface area contributed by atoms with Crippen LogP contribution in [0.5, 0.6) is 0 Å². The number of nitrogens with zero attached hydrogens (tertiary/aromatic N) is 1. The molecule has 1 unspecified atom stereocenters. The number of amides is 1. The molecule has 0 aromatic heterocycles. The summed E-state index contributed by atoms with van der Waals surface area (Å²) in [6.07, 6.45) is 0.587. The Morgan fingerprint density at radius 3 is 2.14 bits per heavy atom. The fourth-order valence-corrected chi connectivity index (χ4v) is 2.56. The van der Waals surface area contributed by atoms with Crippen molar-refractivity contribution in [2.75, 3.05) is 0 Å². The van der Waals surface area contributed by atoms with Crippen molar-refractivity contribution >= 4 is 11.9 Å². The molecule has 5 heteroatoms. The molecule has 1 amide bonds. The number of hydrogen-bond donors (Lipinski definition) is 1. The molecule has 1 aliphatic rings. The summed E-state index contributed by atoms with van der Waals surface area (Å²) >= 11 is 0. The van der Waals surface area contributed by atoms with Gasteiger partial charge < -0.3 is 5.11 Å². The van der Waals surface area contributed by atoms with Gasteiger partial charge in [-0.05, 0) is 63.8 Å². The predicted molar refractivity (Wildman–Crippen MR) is 76.9 cm³/mol. The van der Waals surface area contributed by atoms with E-state index in [1.165, 1.54) is 29.2 Å². The summed E-state index contributed by atoms with van der Waals surface area (Å²) in [5, 5.41) is 9.51. The molecule has 1 aromatic rings. The van der Waals surface area contributed by atoms with Crippen LogP contribution in [0, 0.1) is 11.7 Å². The minimum atomic E-state index is -1.10. The molecule has 1 aliphatic carbocycles. The number of ketones is 1. The van der Waals surface area contributed by atoms with Gasteiger partial charge in [-0.15, -0.1) is 0 Å². The third-order valence-corrected chi connectivity index (χ3v) is 3.67. The van der Waals surface area contributed by atoms with E-state index in [1.807, 2.05) is 0 Å². The Morgan fingerprint density at radius 2 is 1.76 bits per heavy atom. The largest absolute Gasteiger partial charge is 0.465 e. The van der Waals surface area contributed by atoms with Crippen molar-refractivity contribution in [2.45, 2.75) is 45.2 Å². The minimum Gasteiger partial charge on any atom is -0.465 e. The van der Waals surface area contributed by atoms with Gasteiger partial charge in [0.2, 0.25) is 0 Å². The molecule has 0 saturated heterocycles. The molecule has 1 N–H and O–H groups in total. The van der Waals surface area contributed by atoms with Crippen molar-refractivity contribution in [3.05, 3.63) is 35.6 Å². The SMILES string of the molecule is CC(C)(C)N(C(=O)O)C(C(=O)c1ccc(F)cc1)C1CC1. The van der Waals surface area contributed by atoms with E-state index in [-0.39, 0.29) is 11.7 Å². The summed E-state index contributed by atoms with van der Waals surface area (Å²) in [6, 6.07) is 4.57. The van der Waals surface area contributed by atoms with E-state index in [4.69, 9.17) is 0 Å². The van der Waals surface area contributed by atoms with Gasteiger partial charge in [-0.1, -0.05) is 0 Å². The summed E-state index contributed by atoms with van der Waals surface area (Å²) in [5.74, 6) is -0.617. The van der Waals surface area contributed by atoms with Gasteiger partial charge in [-0.3, -0.25) is 9.69 Å². The van der Waals surface area contributed by atoms with Crippen molar-refractivity contribution < 1.29 is 19.1 Å². The van der Waals surface area contributed by atoms with E-state index in [2.05, 4.69) is 0 Å². The smallest absolute Gasteiger partial charge is 0.408 e. The number of hydrogen-bond acceptors (Lipinski definition) is 2. The Balaban J connectivity index is 2.36. The predicted octanol–water partition coefficient (Wildman–Crippen LogP) is 3.57. The topological polar surface area (TPSA) is 57.6 Å². The van der Waals surface area contributed by atoms with E-state index in [0.717, 1.165) is 12.8 Å². The van der Waals surface area contributed by atoms with E-state index in [1.54, 1.807) is 20.8 Å². The van der Waals surface area contributed by atoms with E-state index in [0.29, 0.717) is 5.56 Å². The Morgan fingerprint density at radius 1 is 1.24 bits per heavy atom. The summed E-state index contributed by atoms with van der Waals surface area (Å²) < 4.78 is 13.0.